The van der Waals surface area contributed by atoms with E-state index >= 15 is 0 Å². The van der Waals surface area contributed by atoms with Crippen LogP contribution in [0, 0.1) is 0 Å². The third kappa shape index (κ3) is 4.86. The Hall–Kier alpha value is -3.16. The maximum Gasteiger partial charge on any atom is 0.420 e. The number of hydrazone groups is 1. The second-order valence-electron chi connectivity index (χ2n) is 8.15. The molecule has 1 atom stereocenters. The zero-order valence-corrected chi connectivity index (χ0v) is 21.1. The monoisotopic (exact) mass is 539 g/mol. The van der Waals surface area contributed by atoms with Crippen LogP contribution in [0.15, 0.2) is 88.4 Å². The maximum absolute atomic E-state index is 13.3. The molecule has 1 aliphatic rings. The summed E-state index contributed by atoms with van der Waals surface area (Å²) >= 11 is 9.47. The zero-order chi connectivity index (χ0) is 24.3. The molecule has 0 aliphatic carbocycles. The minimum Gasteiger partial charge on any atom is -0.452 e. The summed E-state index contributed by atoms with van der Waals surface area (Å²) in [5.74, 6) is -0.439. The van der Waals surface area contributed by atoms with Gasteiger partial charge >= 0.3 is 6.09 Å². The molecule has 3 aromatic carbocycles. The second kappa shape index (κ2) is 9.99. The third-order valence-corrected chi connectivity index (χ3v) is 6.58. The molecule has 8 heteroatoms. The van der Waals surface area contributed by atoms with Crippen LogP contribution in [-0.2, 0) is 14.9 Å². The highest BCUT2D eigenvalue weighted by atomic mass is 79.9. The van der Waals surface area contributed by atoms with Gasteiger partial charge in [-0.15, -0.1) is 0 Å². The number of carbonyl (C=O) groups excluding carboxylic acids is 2. The van der Waals surface area contributed by atoms with Crippen LogP contribution in [0.2, 0.25) is 5.02 Å². The van der Waals surface area contributed by atoms with Crippen molar-refractivity contribution in [2.75, 3.05) is 25.1 Å². The summed E-state index contributed by atoms with van der Waals surface area (Å²) < 4.78 is 5.72. The number of hydrogen-bond donors (Lipinski definition) is 0. The van der Waals surface area contributed by atoms with Crippen molar-refractivity contribution in [2.45, 2.75) is 12.3 Å². The van der Waals surface area contributed by atoms with Crippen LogP contribution in [0.4, 0.5) is 10.5 Å². The number of carbonyl (C=O) groups is 2. The first-order valence-corrected chi connectivity index (χ1v) is 11.8. The number of nitrogens with zero attached hydrogens (tertiary/aromatic N) is 3. The van der Waals surface area contributed by atoms with E-state index < -0.39 is 17.4 Å². The lowest BCUT2D eigenvalue weighted by Crippen LogP contribution is -2.44. The molecule has 2 amide bonds. The minimum absolute atomic E-state index is 0.0926. The summed E-state index contributed by atoms with van der Waals surface area (Å²) in [6, 6.07) is 24.4. The van der Waals surface area contributed by atoms with E-state index in [0.29, 0.717) is 17.3 Å². The van der Waals surface area contributed by atoms with Crippen molar-refractivity contribution >= 4 is 50.9 Å². The average molecular weight is 541 g/mol. The fraction of sp³-hybridized carbons (Fsp3) is 0.192. The van der Waals surface area contributed by atoms with E-state index in [0.717, 1.165) is 26.2 Å². The first-order chi connectivity index (χ1) is 16.3. The quantitative estimate of drug-likeness (QED) is 0.405. The highest BCUT2D eigenvalue weighted by molar-refractivity contribution is 9.10. The van der Waals surface area contributed by atoms with E-state index in [2.05, 4.69) is 35.0 Å². The van der Waals surface area contributed by atoms with Gasteiger partial charge in [-0.25, -0.2) is 9.69 Å². The SMILES string of the molecule is COC(=O)N(C(=O)CN1CC(C)(c2ccccc2)C(c2ccc(Cl)cc2)=N1)c1ccc(Br)cc1. The predicted octanol–water partition coefficient (Wildman–Crippen LogP) is 5.88. The van der Waals surface area contributed by atoms with Crippen LogP contribution in [0.25, 0.3) is 0 Å². The summed E-state index contributed by atoms with van der Waals surface area (Å²) in [6.07, 6.45) is -0.751. The first kappa shape index (κ1) is 24.0. The van der Waals surface area contributed by atoms with Crippen LogP contribution in [0.3, 0.4) is 0 Å². The number of ether oxygens (including phenoxy) is 1. The minimum atomic E-state index is -0.751. The van der Waals surface area contributed by atoms with Gasteiger partial charge in [0.2, 0.25) is 0 Å². The summed E-state index contributed by atoms with van der Waals surface area (Å²) in [6.45, 7) is 2.48. The third-order valence-electron chi connectivity index (χ3n) is 5.80. The molecule has 4 rings (SSSR count). The maximum atomic E-state index is 13.3. The van der Waals surface area contributed by atoms with Crippen molar-refractivity contribution in [1.29, 1.82) is 0 Å². The molecule has 3 aromatic rings. The molecule has 0 bridgehead atoms. The summed E-state index contributed by atoms with van der Waals surface area (Å²) in [5, 5.41) is 7.17. The van der Waals surface area contributed by atoms with E-state index in [9.17, 15) is 9.59 Å². The lowest BCUT2D eigenvalue weighted by atomic mass is 9.76. The van der Waals surface area contributed by atoms with Gasteiger partial charge in [-0.05, 0) is 54.4 Å². The topological polar surface area (TPSA) is 62.2 Å². The van der Waals surface area contributed by atoms with Gasteiger partial charge in [0.1, 0.15) is 6.54 Å². The molecule has 0 fully saturated rings. The van der Waals surface area contributed by atoms with Crippen molar-refractivity contribution in [3.05, 3.63) is 99.5 Å². The molecule has 1 heterocycles. The second-order valence-corrected chi connectivity index (χ2v) is 9.50. The standard InChI is InChI=1S/C26H23BrClN3O3/c1-26(19-6-4-3-5-7-19)17-30(29-24(26)18-8-12-21(28)13-9-18)16-23(32)31(25(33)34-2)22-14-10-20(27)11-15-22/h3-15H,16-17H2,1-2H3. The fourth-order valence-corrected chi connectivity index (χ4v) is 4.49. The number of halogens is 2. The molecule has 34 heavy (non-hydrogen) atoms. The molecule has 0 aromatic heterocycles. The number of imide groups is 1. The molecule has 6 nitrogen and oxygen atoms in total. The van der Waals surface area contributed by atoms with Gasteiger partial charge in [-0.3, -0.25) is 9.80 Å². The van der Waals surface area contributed by atoms with E-state index in [1.807, 2.05) is 42.5 Å². The normalized spacial score (nSPS) is 17.3. The van der Waals surface area contributed by atoms with Gasteiger partial charge in [-0.1, -0.05) is 70.0 Å². The van der Waals surface area contributed by atoms with Crippen molar-refractivity contribution in [1.82, 2.24) is 5.01 Å². The molecule has 1 aliphatic heterocycles. The molecular weight excluding hydrogens is 518 g/mol. The number of amides is 2. The van der Waals surface area contributed by atoms with Gasteiger partial charge in [0.05, 0.1) is 30.5 Å². The van der Waals surface area contributed by atoms with Gasteiger partial charge in [0.25, 0.3) is 5.91 Å². The summed E-state index contributed by atoms with van der Waals surface area (Å²) in [7, 11) is 1.25. The lowest BCUT2D eigenvalue weighted by Gasteiger charge is -2.28. The Balaban J connectivity index is 1.67. The van der Waals surface area contributed by atoms with Gasteiger partial charge in [-0.2, -0.15) is 5.10 Å². The molecule has 0 N–H and O–H groups in total. The molecule has 174 valence electrons. The van der Waals surface area contributed by atoms with E-state index in [1.54, 1.807) is 29.3 Å². The molecule has 0 saturated carbocycles. The number of benzene rings is 3. The highest BCUT2D eigenvalue weighted by Crippen LogP contribution is 2.35. The van der Waals surface area contributed by atoms with Gasteiger partial charge in [0.15, 0.2) is 0 Å². The summed E-state index contributed by atoms with van der Waals surface area (Å²) in [5.41, 5.74) is 2.78. The fourth-order valence-electron chi connectivity index (χ4n) is 4.10. The lowest BCUT2D eigenvalue weighted by molar-refractivity contribution is -0.119. The van der Waals surface area contributed by atoms with Crippen LogP contribution in [0.1, 0.15) is 18.1 Å². The number of rotatable bonds is 5. The highest BCUT2D eigenvalue weighted by Gasteiger charge is 2.42. The van der Waals surface area contributed by atoms with Crippen LogP contribution in [-0.4, -0.2) is 42.9 Å². The van der Waals surface area contributed by atoms with Gasteiger partial charge < -0.3 is 4.74 Å². The molecule has 0 saturated heterocycles. The van der Waals surface area contributed by atoms with Crippen molar-refractivity contribution in [3.63, 3.8) is 0 Å². The Labute approximate surface area is 211 Å². The van der Waals surface area contributed by atoms with E-state index in [1.165, 1.54) is 7.11 Å². The largest absolute Gasteiger partial charge is 0.452 e. The molecule has 1 unspecified atom stereocenters. The Kier molecular flexibility index (Phi) is 7.05. The van der Waals surface area contributed by atoms with E-state index in [-0.39, 0.29) is 6.54 Å². The van der Waals surface area contributed by atoms with E-state index in [4.69, 9.17) is 21.4 Å². The number of hydrogen-bond acceptors (Lipinski definition) is 5. The van der Waals surface area contributed by atoms with Crippen LogP contribution >= 0.6 is 27.5 Å². The zero-order valence-electron chi connectivity index (χ0n) is 18.7. The Bertz CT molecular complexity index is 1220. The predicted molar refractivity (Wildman–Crippen MR) is 137 cm³/mol. The number of methoxy groups -OCH3 is 1. The number of anilines is 1. The summed E-state index contributed by atoms with van der Waals surface area (Å²) in [4.78, 5) is 26.8. The van der Waals surface area contributed by atoms with Crippen molar-refractivity contribution in [2.24, 2.45) is 5.10 Å². The first-order valence-electron chi connectivity index (χ1n) is 10.6. The Morgan fingerprint density at radius 3 is 2.32 bits per heavy atom. The molecule has 0 spiro atoms. The van der Waals surface area contributed by atoms with Crippen LogP contribution < -0.4 is 4.90 Å². The Morgan fingerprint density at radius 1 is 1.06 bits per heavy atom. The smallest absolute Gasteiger partial charge is 0.420 e. The molecule has 0 radical (unpaired) electrons. The average Bonchev–Trinajstić information content (AvgIpc) is 3.18. The van der Waals surface area contributed by atoms with Crippen molar-refractivity contribution < 1.29 is 14.3 Å². The molecular formula is C26H23BrClN3O3. The van der Waals surface area contributed by atoms with Crippen LogP contribution in [0.5, 0.6) is 0 Å². The van der Waals surface area contributed by atoms with Crippen molar-refractivity contribution in [3.8, 4) is 0 Å². The van der Waals surface area contributed by atoms with Gasteiger partial charge in [0, 0.05) is 9.50 Å². The Morgan fingerprint density at radius 2 is 1.71 bits per heavy atom.